The van der Waals surface area contributed by atoms with Crippen molar-refractivity contribution in [2.45, 2.75) is 19.1 Å². The minimum absolute atomic E-state index is 0.0642. The van der Waals surface area contributed by atoms with Gasteiger partial charge in [-0.25, -0.2) is 14.2 Å². The number of nitrogens with one attached hydrogen (secondary N) is 1. The van der Waals surface area contributed by atoms with Crippen molar-refractivity contribution >= 4 is 22.6 Å². The van der Waals surface area contributed by atoms with E-state index in [4.69, 9.17) is 4.98 Å². The Bertz CT molecular complexity index is 1560. The zero-order chi connectivity index (χ0) is 27.7. The molecule has 0 aliphatic carbocycles. The summed E-state index contributed by atoms with van der Waals surface area (Å²) in [5.41, 5.74) is -0.0149. The van der Waals surface area contributed by atoms with Crippen LogP contribution in [0.4, 0.5) is 28.0 Å². The van der Waals surface area contributed by atoms with Crippen LogP contribution in [0.3, 0.4) is 0 Å². The lowest BCUT2D eigenvalue weighted by molar-refractivity contribution is -0.137. The molecule has 0 radical (unpaired) electrons. The molecule has 4 aromatic rings. The number of hydrogen-bond acceptors (Lipinski definition) is 4. The molecule has 1 N–H and O–H groups in total. The highest BCUT2D eigenvalue weighted by Gasteiger charge is 2.31. The Morgan fingerprint density at radius 2 is 1.64 bits per heavy atom. The Morgan fingerprint density at radius 3 is 2.33 bits per heavy atom. The summed E-state index contributed by atoms with van der Waals surface area (Å²) in [6.45, 7) is 3.45. The Labute approximate surface area is 221 Å². The van der Waals surface area contributed by atoms with Gasteiger partial charge >= 0.3 is 12.2 Å². The number of rotatable bonds is 4. The number of hydrogen-bond donors (Lipinski definition) is 1. The Hall–Kier alpha value is -4.25. The minimum Gasteiger partial charge on any atom is -0.322 e. The second-order valence-corrected chi connectivity index (χ2v) is 9.31. The number of benzene rings is 3. The number of fused-ring (bicyclic) bond motifs is 1. The summed E-state index contributed by atoms with van der Waals surface area (Å²) in [5.74, 6) is 0.0573. The second kappa shape index (κ2) is 10.5. The van der Waals surface area contributed by atoms with E-state index < -0.39 is 23.6 Å². The molecule has 2 heterocycles. The van der Waals surface area contributed by atoms with E-state index in [-0.39, 0.29) is 17.3 Å². The van der Waals surface area contributed by atoms with Crippen LogP contribution in [0, 0.1) is 5.82 Å². The number of alkyl halides is 3. The number of aromatic nitrogens is 2. The first kappa shape index (κ1) is 26.4. The summed E-state index contributed by atoms with van der Waals surface area (Å²) in [6.07, 6.45) is -4.51. The van der Waals surface area contributed by atoms with Crippen LogP contribution in [0.5, 0.6) is 0 Å². The average molecular weight is 540 g/mol. The van der Waals surface area contributed by atoms with Gasteiger partial charge in [-0.15, -0.1) is 0 Å². The van der Waals surface area contributed by atoms with Gasteiger partial charge in [0.1, 0.15) is 11.6 Å². The maximum absolute atomic E-state index is 13.6. The van der Waals surface area contributed by atoms with Crippen LogP contribution in [-0.4, -0.2) is 51.6 Å². The summed E-state index contributed by atoms with van der Waals surface area (Å²) in [5, 5.41) is 2.98. The third kappa shape index (κ3) is 5.49. The molecule has 3 aromatic carbocycles. The molecule has 1 atom stereocenters. The summed E-state index contributed by atoms with van der Waals surface area (Å²) >= 11 is 0. The molecule has 2 amide bonds. The lowest BCUT2D eigenvalue weighted by atomic mass is 10.1. The fraction of sp³-hybridized carbons (Fsp3) is 0.250. The zero-order valence-corrected chi connectivity index (χ0v) is 21.0. The molecule has 7 nitrogen and oxygen atoms in total. The molecule has 202 valence electrons. The van der Waals surface area contributed by atoms with Crippen LogP contribution in [-0.2, 0) is 6.18 Å². The molecule has 1 unspecified atom stereocenters. The van der Waals surface area contributed by atoms with Gasteiger partial charge in [0.25, 0.3) is 5.56 Å². The largest absolute Gasteiger partial charge is 0.416 e. The van der Waals surface area contributed by atoms with Crippen molar-refractivity contribution in [1.29, 1.82) is 0 Å². The fourth-order valence-electron chi connectivity index (χ4n) is 4.72. The number of carbonyl (C=O) groups excluding carboxylic acids is 1. The van der Waals surface area contributed by atoms with E-state index in [9.17, 15) is 27.2 Å². The van der Waals surface area contributed by atoms with Crippen LogP contribution in [0.1, 0.15) is 24.4 Å². The Kier molecular flexibility index (Phi) is 7.09. The van der Waals surface area contributed by atoms with Crippen molar-refractivity contribution < 1.29 is 22.4 Å². The number of halogens is 4. The van der Waals surface area contributed by atoms with Gasteiger partial charge in [0.2, 0.25) is 0 Å². The molecule has 1 saturated heterocycles. The molecule has 0 bridgehead atoms. The molecule has 0 saturated carbocycles. The van der Waals surface area contributed by atoms with Crippen molar-refractivity contribution in [2.24, 2.45) is 0 Å². The maximum Gasteiger partial charge on any atom is 0.416 e. The van der Waals surface area contributed by atoms with E-state index in [1.807, 2.05) is 6.92 Å². The number of amides is 2. The van der Waals surface area contributed by atoms with Crippen molar-refractivity contribution in [3.8, 4) is 5.69 Å². The van der Waals surface area contributed by atoms with Crippen LogP contribution in [0.2, 0.25) is 0 Å². The molecule has 1 aliphatic heterocycles. The van der Waals surface area contributed by atoms with E-state index >= 15 is 0 Å². The molecule has 1 aliphatic rings. The van der Waals surface area contributed by atoms with Crippen LogP contribution >= 0.6 is 0 Å². The third-order valence-electron chi connectivity index (χ3n) is 6.85. The Balaban J connectivity index is 1.35. The molecule has 1 fully saturated rings. The number of anilines is 1. The van der Waals surface area contributed by atoms with Crippen LogP contribution < -0.4 is 10.9 Å². The lowest BCUT2D eigenvalue weighted by Gasteiger charge is -2.38. The normalized spacial score (nSPS) is 15.4. The standard InChI is InChI=1S/C28H25F4N5O2/c1-18(25-34-24-8-3-2-7-23(24)26(38)37(25)22-11-9-20(29)10-12-22)35-13-15-36(16-14-35)27(39)33-21-6-4-5-19(17-21)28(30,31)32/h2-12,17-18H,13-16H2,1H3,(H,33,39). The summed E-state index contributed by atoms with van der Waals surface area (Å²) < 4.78 is 54.1. The average Bonchev–Trinajstić information content (AvgIpc) is 2.93. The number of para-hydroxylation sites is 1. The quantitative estimate of drug-likeness (QED) is 0.350. The first-order valence-electron chi connectivity index (χ1n) is 12.4. The maximum atomic E-state index is 13.6. The zero-order valence-electron chi connectivity index (χ0n) is 21.0. The molecule has 1 aromatic heterocycles. The molecule has 39 heavy (non-hydrogen) atoms. The molecule has 5 rings (SSSR count). The summed E-state index contributed by atoms with van der Waals surface area (Å²) in [4.78, 5) is 34.7. The number of piperazine rings is 1. The SMILES string of the molecule is CC(c1nc2ccccc2c(=O)n1-c1ccc(F)cc1)N1CCN(C(=O)Nc2cccc(C(F)(F)F)c2)CC1. The minimum atomic E-state index is -4.51. The van der Waals surface area contributed by atoms with Gasteiger partial charge in [0.05, 0.1) is 28.2 Å². The van der Waals surface area contributed by atoms with Crippen molar-refractivity contribution in [2.75, 3.05) is 31.5 Å². The van der Waals surface area contributed by atoms with E-state index in [0.717, 1.165) is 12.1 Å². The van der Waals surface area contributed by atoms with Gasteiger partial charge in [0, 0.05) is 31.9 Å². The number of nitrogens with zero attached hydrogens (tertiary/aromatic N) is 4. The van der Waals surface area contributed by atoms with Crippen molar-refractivity contribution in [3.63, 3.8) is 0 Å². The van der Waals surface area contributed by atoms with Gasteiger partial charge in [-0.1, -0.05) is 18.2 Å². The topological polar surface area (TPSA) is 70.5 Å². The van der Waals surface area contributed by atoms with E-state index in [1.165, 1.54) is 45.9 Å². The van der Waals surface area contributed by atoms with E-state index in [0.29, 0.717) is 48.6 Å². The van der Waals surface area contributed by atoms with Crippen molar-refractivity contribution in [1.82, 2.24) is 19.4 Å². The van der Waals surface area contributed by atoms with Gasteiger partial charge in [-0.3, -0.25) is 14.3 Å². The molecular formula is C28H25F4N5O2. The highest BCUT2D eigenvalue weighted by atomic mass is 19.4. The van der Waals surface area contributed by atoms with E-state index in [1.54, 1.807) is 24.3 Å². The first-order chi connectivity index (χ1) is 18.6. The number of urea groups is 1. The fourth-order valence-corrected chi connectivity index (χ4v) is 4.72. The van der Waals surface area contributed by atoms with Crippen LogP contribution in [0.25, 0.3) is 16.6 Å². The predicted octanol–water partition coefficient (Wildman–Crippen LogP) is 5.45. The summed E-state index contributed by atoms with van der Waals surface area (Å²) in [6, 6.07) is 16.3. The monoisotopic (exact) mass is 539 g/mol. The molecule has 11 heteroatoms. The highest BCUT2D eigenvalue weighted by molar-refractivity contribution is 5.89. The third-order valence-corrected chi connectivity index (χ3v) is 6.85. The molecule has 0 spiro atoms. The first-order valence-corrected chi connectivity index (χ1v) is 12.4. The van der Waals surface area contributed by atoms with Crippen LogP contribution in [0.15, 0.2) is 77.6 Å². The lowest BCUT2D eigenvalue weighted by Crippen LogP contribution is -2.51. The van der Waals surface area contributed by atoms with Crippen molar-refractivity contribution in [3.05, 3.63) is 100 Å². The van der Waals surface area contributed by atoms with Gasteiger partial charge in [-0.05, 0) is 61.5 Å². The molecular weight excluding hydrogens is 514 g/mol. The van der Waals surface area contributed by atoms with Gasteiger partial charge in [0.15, 0.2) is 0 Å². The second-order valence-electron chi connectivity index (χ2n) is 9.31. The smallest absolute Gasteiger partial charge is 0.322 e. The number of carbonyl (C=O) groups is 1. The summed E-state index contributed by atoms with van der Waals surface area (Å²) in [7, 11) is 0. The highest BCUT2D eigenvalue weighted by Crippen LogP contribution is 2.31. The van der Waals surface area contributed by atoms with Gasteiger partial charge < -0.3 is 10.2 Å². The van der Waals surface area contributed by atoms with Gasteiger partial charge in [-0.2, -0.15) is 13.2 Å². The van der Waals surface area contributed by atoms with E-state index in [2.05, 4.69) is 10.2 Å². The Morgan fingerprint density at radius 1 is 0.949 bits per heavy atom. The predicted molar refractivity (Wildman–Crippen MR) is 139 cm³/mol.